The summed E-state index contributed by atoms with van der Waals surface area (Å²) in [4.78, 5) is 32.1. The van der Waals surface area contributed by atoms with Gasteiger partial charge in [0.15, 0.2) is 0 Å². The van der Waals surface area contributed by atoms with E-state index in [9.17, 15) is 9.59 Å². The van der Waals surface area contributed by atoms with E-state index in [2.05, 4.69) is 43.1 Å². The molecule has 0 fully saturated rings. The Bertz CT molecular complexity index is 932. The predicted octanol–water partition coefficient (Wildman–Crippen LogP) is 0.606. The molecule has 8 nitrogen and oxygen atoms in total. The van der Waals surface area contributed by atoms with Crippen LogP contribution in [0, 0.1) is 24.7 Å². The summed E-state index contributed by atoms with van der Waals surface area (Å²) in [5, 5.41) is 12.0. The molecule has 138 valence electrons. The molecular formula is C18H17ClN6O2. The van der Waals surface area contributed by atoms with Crippen molar-refractivity contribution in [2.24, 2.45) is 0 Å². The lowest BCUT2D eigenvalue weighted by molar-refractivity contribution is -0.119. The first-order valence-corrected chi connectivity index (χ1v) is 8.26. The molecule has 2 rings (SSSR count). The van der Waals surface area contributed by atoms with E-state index in [4.69, 9.17) is 24.4 Å². The molecule has 0 aliphatic carbocycles. The van der Waals surface area contributed by atoms with Gasteiger partial charge in [0, 0.05) is 10.4 Å². The van der Waals surface area contributed by atoms with Gasteiger partial charge in [-0.05, 0) is 18.2 Å². The van der Waals surface area contributed by atoms with Gasteiger partial charge < -0.3 is 21.3 Å². The molecule has 0 saturated heterocycles. The van der Waals surface area contributed by atoms with E-state index in [0.29, 0.717) is 21.7 Å². The van der Waals surface area contributed by atoms with Gasteiger partial charge in [0.05, 0.1) is 31.7 Å². The summed E-state index contributed by atoms with van der Waals surface area (Å²) in [6, 6.07) is 5.08. The smallest absolute Gasteiger partial charge is 0.240 e. The fourth-order valence-electron chi connectivity index (χ4n) is 2.06. The number of amides is 2. The lowest BCUT2D eigenvalue weighted by atomic mass is 10.2. The Balaban J connectivity index is 2.18. The Morgan fingerprint density at radius 1 is 1.00 bits per heavy atom. The van der Waals surface area contributed by atoms with Crippen LogP contribution in [0.5, 0.6) is 0 Å². The molecule has 0 bridgehead atoms. The Labute approximate surface area is 161 Å². The summed E-state index contributed by atoms with van der Waals surface area (Å²) in [5.41, 5.74) is 0.590. The third-order valence-electron chi connectivity index (χ3n) is 3.26. The van der Waals surface area contributed by atoms with Gasteiger partial charge in [0.25, 0.3) is 0 Å². The maximum Gasteiger partial charge on any atom is 0.240 e. The molecule has 2 amide bonds. The van der Waals surface area contributed by atoms with E-state index in [1.807, 2.05) is 0 Å². The van der Waals surface area contributed by atoms with Gasteiger partial charge in [-0.3, -0.25) is 9.59 Å². The maximum atomic E-state index is 11.8. The predicted molar refractivity (Wildman–Crippen MR) is 105 cm³/mol. The second-order valence-corrected chi connectivity index (χ2v) is 5.66. The van der Waals surface area contributed by atoms with Crippen LogP contribution in [0.2, 0.25) is 5.02 Å². The van der Waals surface area contributed by atoms with Crippen molar-refractivity contribution in [2.45, 2.75) is 0 Å². The first-order chi connectivity index (χ1) is 13.0. The molecular weight excluding hydrogens is 368 g/mol. The molecule has 2 aromatic rings. The Morgan fingerprint density at radius 3 is 2.26 bits per heavy atom. The van der Waals surface area contributed by atoms with Crippen LogP contribution in [0.4, 0.5) is 11.8 Å². The van der Waals surface area contributed by atoms with E-state index in [0.717, 1.165) is 0 Å². The van der Waals surface area contributed by atoms with E-state index in [1.165, 1.54) is 0 Å². The minimum Gasteiger partial charge on any atom is -0.360 e. The second kappa shape index (κ2) is 9.85. The van der Waals surface area contributed by atoms with Crippen molar-refractivity contribution in [1.29, 1.82) is 0 Å². The van der Waals surface area contributed by atoms with Gasteiger partial charge in [0.1, 0.15) is 5.82 Å². The monoisotopic (exact) mass is 384 g/mol. The number of rotatable bonds is 8. The van der Waals surface area contributed by atoms with Crippen molar-refractivity contribution in [2.75, 3.05) is 36.8 Å². The van der Waals surface area contributed by atoms with Gasteiger partial charge in [-0.25, -0.2) is 4.98 Å². The lowest BCUT2D eigenvalue weighted by Crippen LogP contribution is -2.31. The quantitative estimate of drug-likeness (QED) is 0.497. The fraction of sp³-hybridized carbons (Fsp3) is 0.222. The van der Waals surface area contributed by atoms with Crippen LogP contribution in [-0.2, 0) is 9.59 Å². The zero-order chi connectivity index (χ0) is 19.6. The van der Waals surface area contributed by atoms with Gasteiger partial charge >= 0.3 is 0 Å². The molecule has 0 radical (unpaired) electrons. The first kappa shape index (κ1) is 19.8. The molecule has 9 heteroatoms. The van der Waals surface area contributed by atoms with Crippen LogP contribution >= 0.6 is 11.6 Å². The van der Waals surface area contributed by atoms with Crippen LogP contribution in [0.15, 0.2) is 18.2 Å². The van der Waals surface area contributed by atoms with Crippen LogP contribution < -0.4 is 21.3 Å². The molecule has 4 N–H and O–H groups in total. The first-order valence-electron chi connectivity index (χ1n) is 7.89. The van der Waals surface area contributed by atoms with E-state index in [-0.39, 0.29) is 43.9 Å². The average Bonchev–Trinajstić information content (AvgIpc) is 2.67. The summed E-state index contributed by atoms with van der Waals surface area (Å²) < 4.78 is 0. The van der Waals surface area contributed by atoms with Crippen molar-refractivity contribution >= 4 is 46.1 Å². The fourth-order valence-corrected chi connectivity index (χ4v) is 2.23. The summed E-state index contributed by atoms with van der Waals surface area (Å²) in [6.45, 7) is 0.179. The Kier molecular flexibility index (Phi) is 7.24. The molecule has 0 unspecified atom stereocenters. The molecule has 1 aromatic heterocycles. The molecule has 0 atom stereocenters. The topological polar surface area (TPSA) is 108 Å². The van der Waals surface area contributed by atoms with Crippen molar-refractivity contribution < 1.29 is 9.59 Å². The molecule has 27 heavy (non-hydrogen) atoms. The number of fused-ring (bicyclic) bond motifs is 1. The molecule has 1 aromatic carbocycles. The number of aromatic nitrogens is 2. The maximum absolute atomic E-state index is 11.8. The molecule has 0 aliphatic rings. The Morgan fingerprint density at radius 2 is 1.63 bits per heavy atom. The van der Waals surface area contributed by atoms with E-state index in [1.54, 1.807) is 18.2 Å². The van der Waals surface area contributed by atoms with Crippen LogP contribution in [0.3, 0.4) is 0 Å². The number of nitrogens with zero attached hydrogens (tertiary/aromatic N) is 2. The second-order valence-electron chi connectivity index (χ2n) is 5.23. The number of carbonyl (C=O) groups excluding carboxylic acids is 2. The standard InChI is InChI=1S/C18H17ClN6O2/c1-3-7-20-15(26)10-22-17-13-9-12(19)5-6-14(13)24-18(25-17)23-11-16(27)21-8-4-2/h1-2,5-6,9H,7-8,10-11H2,(H,20,26)(H,21,27)(H2,22,23,24,25). The Hall–Kier alpha value is -3.49. The third kappa shape index (κ3) is 6.07. The minimum absolute atomic E-state index is 0.0393. The normalized spacial score (nSPS) is 9.74. The van der Waals surface area contributed by atoms with Crippen molar-refractivity contribution in [1.82, 2.24) is 20.6 Å². The number of anilines is 2. The van der Waals surface area contributed by atoms with Gasteiger partial charge in [-0.1, -0.05) is 23.4 Å². The summed E-state index contributed by atoms with van der Waals surface area (Å²) >= 11 is 6.04. The summed E-state index contributed by atoms with van der Waals surface area (Å²) in [6.07, 6.45) is 10.2. The van der Waals surface area contributed by atoms with Crippen molar-refractivity contribution in [3.63, 3.8) is 0 Å². The largest absolute Gasteiger partial charge is 0.360 e. The van der Waals surface area contributed by atoms with E-state index < -0.39 is 0 Å². The molecule has 0 aliphatic heterocycles. The average molecular weight is 385 g/mol. The van der Waals surface area contributed by atoms with E-state index >= 15 is 0 Å². The number of nitrogens with one attached hydrogen (secondary N) is 4. The SMILES string of the molecule is C#CCNC(=O)CNc1nc(NCC(=O)NCC#C)c2cc(Cl)ccc2n1. The van der Waals surface area contributed by atoms with Crippen LogP contribution in [-0.4, -0.2) is 48.0 Å². The van der Waals surface area contributed by atoms with Gasteiger partial charge in [-0.2, -0.15) is 4.98 Å². The van der Waals surface area contributed by atoms with Crippen molar-refractivity contribution in [3.8, 4) is 24.7 Å². The van der Waals surface area contributed by atoms with Gasteiger partial charge in [-0.15, -0.1) is 12.8 Å². The highest BCUT2D eigenvalue weighted by Crippen LogP contribution is 2.25. The number of halogens is 1. The van der Waals surface area contributed by atoms with Crippen LogP contribution in [0.25, 0.3) is 10.9 Å². The number of hydrogen-bond donors (Lipinski definition) is 4. The number of hydrogen-bond acceptors (Lipinski definition) is 6. The number of terminal acetylenes is 2. The third-order valence-corrected chi connectivity index (χ3v) is 3.49. The van der Waals surface area contributed by atoms with Crippen molar-refractivity contribution in [3.05, 3.63) is 23.2 Å². The minimum atomic E-state index is -0.295. The summed E-state index contributed by atoms with van der Waals surface area (Å²) in [7, 11) is 0. The zero-order valence-corrected chi connectivity index (χ0v) is 15.1. The molecule has 1 heterocycles. The summed E-state index contributed by atoms with van der Waals surface area (Å²) in [5.74, 6) is 4.66. The highest BCUT2D eigenvalue weighted by atomic mass is 35.5. The lowest BCUT2D eigenvalue weighted by Gasteiger charge is -2.12. The number of carbonyl (C=O) groups is 2. The zero-order valence-electron chi connectivity index (χ0n) is 14.3. The molecule has 0 saturated carbocycles. The molecule has 0 spiro atoms. The number of benzene rings is 1. The van der Waals surface area contributed by atoms with Gasteiger partial charge in [0.2, 0.25) is 17.8 Å². The highest BCUT2D eigenvalue weighted by molar-refractivity contribution is 6.31. The highest BCUT2D eigenvalue weighted by Gasteiger charge is 2.11. The van der Waals surface area contributed by atoms with Crippen LogP contribution in [0.1, 0.15) is 0 Å².